The number of sulfonamides is 1. The third-order valence-electron chi connectivity index (χ3n) is 3.35. The summed E-state index contributed by atoms with van der Waals surface area (Å²) < 4.78 is 27.2. The SMILES string of the molecule is Nc1ccccc1-c1ccc(S(=O)(=O)Nc2cccnc2)cc1. The van der Waals surface area contributed by atoms with Crippen LogP contribution in [0, 0.1) is 0 Å². The standard InChI is InChI=1S/C17H15N3O2S/c18-17-6-2-1-5-16(17)13-7-9-15(10-8-13)23(21,22)20-14-4-3-11-19-12-14/h1-12,20H,18H2. The van der Waals surface area contributed by atoms with Gasteiger partial charge in [-0.1, -0.05) is 30.3 Å². The number of aromatic nitrogens is 1. The first-order valence-electron chi connectivity index (χ1n) is 6.94. The third kappa shape index (κ3) is 3.32. The van der Waals surface area contributed by atoms with Gasteiger partial charge in [-0.05, 0) is 35.9 Å². The normalized spacial score (nSPS) is 11.1. The maximum Gasteiger partial charge on any atom is 0.261 e. The summed E-state index contributed by atoms with van der Waals surface area (Å²) in [4.78, 5) is 4.07. The van der Waals surface area contributed by atoms with E-state index in [-0.39, 0.29) is 4.90 Å². The van der Waals surface area contributed by atoms with Crippen molar-refractivity contribution in [3.05, 3.63) is 73.1 Å². The van der Waals surface area contributed by atoms with Gasteiger partial charge in [0.1, 0.15) is 0 Å². The average molecular weight is 325 g/mol. The van der Waals surface area contributed by atoms with Crippen molar-refractivity contribution in [2.75, 3.05) is 10.5 Å². The van der Waals surface area contributed by atoms with Crippen molar-refractivity contribution in [2.45, 2.75) is 4.90 Å². The summed E-state index contributed by atoms with van der Waals surface area (Å²) in [5.74, 6) is 0. The molecule has 1 heterocycles. The molecular formula is C17H15N3O2S. The van der Waals surface area contributed by atoms with Crippen LogP contribution in [0.25, 0.3) is 11.1 Å². The van der Waals surface area contributed by atoms with Crippen LogP contribution in [0.15, 0.2) is 78.0 Å². The zero-order valence-electron chi connectivity index (χ0n) is 12.2. The summed E-state index contributed by atoms with van der Waals surface area (Å²) in [6, 6.07) is 17.4. The molecule has 0 unspecified atom stereocenters. The molecule has 6 heteroatoms. The smallest absolute Gasteiger partial charge is 0.261 e. The molecule has 0 atom stereocenters. The lowest BCUT2D eigenvalue weighted by atomic mass is 10.0. The Morgan fingerprint density at radius 3 is 2.30 bits per heavy atom. The van der Waals surface area contributed by atoms with Gasteiger partial charge in [0.15, 0.2) is 0 Å². The number of nitrogens with zero attached hydrogens (tertiary/aromatic N) is 1. The molecule has 1 aromatic heterocycles. The van der Waals surface area contributed by atoms with Gasteiger partial charge in [-0.25, -0.2) is 8.42 Å². The Morgan fingerprint density at radius 2 is 1.65 bits per heavy atom. The van der Waals surface area contributed by atoms with Crippen molar-refractivity contribution in [3.63, 3.8) is 0 Å². The molecule has 2 aromatic carbocycles. The number of para-hydroxylation sites is 1. The molecule has 5 nitrogen and oxygen atoms in total. The quantitative estimate of drug-likeness (QED) is 0.722. The van der Waals surface area contributed by atoms with E-state index in [4.69, 9.17) is 5.73 Å². The predicted octanol–water partition coefficient (Wildman–Crippen LogP) is 3.13. The largest absolute Gasteiger partial charge is 0.398 e. The minimum atomic E-state index is -3.64. The van der Waals surface area contributed by atoms with Crippen LogP contribution in [-0.2, 0) is 10.0 Å². The molecule has 0 aliphatic heterocycles. The van der Waals surface area contributed by atoms with Gasteiger partial charge in [-0.2, -0.15) is 0 Å². The Hall–Kier alpha value is -2.86. The molecule has 0 amide bonds. The van der Waals surface area contributed by atoms with Crippen LogP contribution in [0.3, 0.4) is 0 Å². The summed E-state index contributed by atoms with van der Waals surface area (Å²) >= 11 is 0. The fourth-order valence-corrected chi connectivity index (χ4v) is 3.25. The lowest BCUT2D eigenvalue weighted by Gasteiger charge is -2.09. The lowest BCUT2D eigenvalue weighted by Crippen LogP contribution is -2.12. The first kappa shape index (κ1) is 15.1. The van der Waals surface area contributed by atoms with Gasteiger partial charge in [-0.15, -0.1) is 0 Å². The van der Waals surface area contributed by atoms with E-state index in [2.05, 4.69) is 9.71 Å². The first-order chi connectivity index (χ1) is 11.1. The highest BCUT2D eigenvalue weighted by molar-refractivity contribution is 7.92. The second-order valence-electron chi connectivity index (χ2n) is 4.96. The summed E-state index contributed by atoms with van der Waals surface area (Å²) in [5, 5.41) is 0. The number of benzene rings is 2. The lowest BCUT2D eigenvalue weighted by molar-refractivity contribution is 0.601. The van der Waals surface area contributed by atoms with Gasteiger partial charge in [0, 0.05) is 17.4 Å². The molecule has 0 saturated heterocycles. The van der Waals surface area contributed by atoms with Crippen molar-refractivity contribution >= 4 is 21.4 Å². The molecule has 3 N–H and O–H groups in total. The van der Waals surface area contributed by atoms with Gasteiger partial charge in [-0.3, -0.25) is 9.71 Å². The highest BCUT2D eigenvalue weighted by Gasteiger charge is 2.14. The predicted molar refractivity (Wildman–Crippen MR) is 91.3 cm³/mol. The number of anilines is 2. The van der Waals surface area contributed by atoms with Gasteiger partial charge >= 0.3 is 0 Å². The molecule has 0 fully saturated rings. The van der Waals surface area contributed by atoms with Crippen LogP contribution in [-0.4, -0.2) is 13.4 Å². The van der Waals surface area contributed by atoms with Crippen LogP contribution >= 0.6 is 0 Å². The van der Waals surface area contributed by atoms with Crippen LogP contribution in [0.5, 0.6) is 0 Å². The molecule has 0 aliphatic rings. The van der Waals surface area contributed by atoms with Crippen molar-refractivity contribution in [1.82, 2.24) is 4.98 Å². The van der Waals surface area contributed by atoms with Crippen molar-refractivity contribution in [1.29, 1.82) is 0 Å². The summed E-state index contributed by atoms with van der Waals surface area (Å²) in [7, 11) is -3.64. The van der Waals surface area contributed by atoms with E-state index in [1.807, 2.05) is 24.3 Å². The van der Waals surface area contributed by atoms with E-state index < -0.39 is 10.0 Å². The minimum Gasteiger partial charge on any atom is -0.398 e. The number of nitrogens with two attached hydrogens (primary N) is 1. The Bertz CT molecular complexity index is 908. The fourth-order valence-electron chi connectivity index (χ4n) is 2.21. The second-order valence-corrected chi connectivity index (χ2v) is 6.64. The van der Waals surface area contributed by atoms with Gasteiger partial charge < -0.3 is 5.73 Å². The molecule has 0 radical (unpaired) electrons. The number of hydrogen-bond acceptors (Lipinski definition) is 4. The van der Waals surface area contributed by atoms with E-state index in [1.54, 1.807) is 42.6 Å². The number of nitrogens with one attached hydrogen (secondary N) is 1. The van der Waals surface area contributed by atoms with Gasteiger partial charge in [0.2, 0.25) is 0 Å². The van der Waals surface area contributed by atoms with E-state index in [9.17, 15) is 8.42 Å². The third-order valence-corrected chi connectivity index (χ3v) is 4.75. The Morgan fingerprint density at radius 1 is 0.913 bits per heavy atom. The monoisotopic (exact) mass is 325 g/mol. The van der Waals surface area contributed by atoms with Crippen molar-refractivity contribution in [3.8, 4) is 11.1 Å². The average Bonchev–Trinajstić information content (AvgIpc) is 2.56. The van der Waals surface area contributed by atoms with E-state index in [1.165, 1.54) is 6.20 Å². The van der Waals surface area contributed by atoms with E-state index >= 15 is 0 Å². The summed E-state index contributed by atoms with van der Waals surface area (Å²) in [6.07, 6.45) is 3.04. The van der Waals surface area contributed by atoms with E-state index in [0.29, 0.717) is 11.4 Å². The van der Waals surface area contributed by atoms with Gasteiger partial charge in [0.05, 0.1) is 16.8 Å². The Kier molecular flexibility index (Phi) is 3.99. The van der Waals surface area contributed by atoms with E-state index in [0.717, 1.165) is 11.1 Å². The molecule has 23 heavy (non-hydrogen) atoms. The number of hydrogen-bond donors (Lipinski definition) is 2. The highest BCUT2D eigenvalue weighted by Crippen LogP contribution is 2.26. The second kappa shape index (κ2) is 6.10. The van der Waals surface area contributed by atoms with Crippen LogP contribution in [0.2, 0.25) is 0 Å². The van der Waals surface area contributed by atoms with Crippen LogP contribution in [0.1, 0.15) is 0 Å². The number of pyridine rings is 1. The number of nitrogen functional groups attached to an aromatic ring is 1. The molecule has 0 bridgehead atoms. The molecule has 0 aliphatic carbocycles. The molecule has 0 spiro atoms. The minimum absolute atomic E-state index is 0.180. The van der Waals surface area contributed by atoms with Crippen LogP contribution < -0.4 is 10.5 Å². The Labute approximate surface area is 134 Å². The Balaban J connectivity index is 1.89. The first-order valence-corrected chi connectivity index (χ1v) is 8.42. The summed E-state index contributed by atoms with van der Waals surface area (Å²) in [6.45, 7) is 0. The van der Waals surface area contributed by atoms with Crippen molar-refractivity contribution < 1.29 is 8.42 Å². The highest BCUT2D eigenvalue weighted by atomic mass is 32.2. The number of rotatable bonds is 4. The summed E-state index contributed by atoms with van der Waals surface area (Å²) in [5.41, 5.74) is 8.75. The maximum atomic E-state index is 12.4. The van der Waals surface area contributed by atoms with Crippen LogP contribution in [0.4, 0.5) is 11.4 Å². The molecule has 3 aromatic rings. The molecule has 116 valence electrons. The molecule has 3 rings (SSSR count). The van der Waals surface area contributed by atoms with Gasteiger partial charge in [0.25, 0.3) is 10.0 Å². The fraction of sp³-hybridized carbons (Fsp3) is 0. The molecule has 0 saturated carbocycles. The maximum absolute atomic E-state index is 12.4. The van der Waals surface area contributed by atoms with Crippen molar-refractivity contribution in [2.24, 2.45) is 0 Å². The zero-order chi connectivity index (χ0) is 16.3. The molecular weight excluding hydrogens is 310 g/mol. The topological polar surface area (TPSA) is 85.1 Å². The zero-order valence-corrected chi connectivity index (χ0v) is 13.0.